The standard InChI is InChI=1S/C36H35N3O5.HI/c1-39(2)31-19-28(20-32(39)35-34(31)44-35)43-36(42)38-30-17-22(9-14-29(30)24-6-4-3-5-7-24)10-15-33(41)37-27-13-12-25-16-23(21-40)8-11-26(25)18-27;/h3-9,11-14,16-18,21,28,31-32,34-35H,10,15,19-20H2,1-2H3,(H-,37,38,40,41,42);1H/t28-,31-,32+,34-,35+;. The summed E-state index contributed by atoms with van der Waals surface area (Å²) < 4.78 is 12.8. The van der Waals surface area contributed by atoms with Crippen molar-refractivity contribution < 1.29 is 52.3 Å². The smallest absolute Gasteiger partial charge is 0.411 e. The van der Waals surface area contributed by atoms with Crippen molar-refractivity contribution in [3.05, 3.63) is 96.1 Å². The van der Waals surface area contributed by atoms with Gasteiger partial charge in [-0.05, 0) is 52.6 Å². The molecule has 4 aromatic rings. The summed E-state index contributed by atoms with van der Waals surface area (Å²) in [5.41, 5.74) is 4.78. The molecule has 45 heavy (non-hydrogen) atoms. The van der Waals surface area contributed by atoms with Crippen molar-refractivity contribution >= 4 is 40.4 Å². The van der Waals surface area contributed by atoms with E-state index in [-0.39, 0.29) is 42.4 Å². The average molecular weight is 718 g/mol. The summed E-state index contributed by atoms with van der Waals surface area (Å²) in [6, 6.07) is 27.6. The van der Waals surface area contributed by atoms with Crippen molar-refractivity contribution in [2.45, 2.75) is 56.1 Å². The van der Waals surface area contributed by atoms with E-state index in [9.17, 15) is 14.4 Å². The first-order valence-electron chi connectivity index (χ1n) is 15.2. The summed E-state index contributed by atoms with van der Waals surface area (Å²) in [4.78, 5) is 37.1. The fraction of sp³-hybridized carbons (Fsp3) is 0.306. The van der Waals surface area contributed by atoms with E-state index in [0.29, 0.717) is 47.7 Å². The number of fused-ring (bicyclic) bond motifs is 6. The number of nitrogens with one attached hydrogen (secondary N) is 2. The number of aryl methyl sites for hydroxylation is 1. The van der Waals surface area contributed by atoms with Crippen LogP contribution in [-0.4, -0.2) is 67.3 Å². The van der Waals surface area contributed by atoms with Gasteiger partial charge >= 0.3 is 6.09 Å². The fourth-order valence-corrected chi connectivity index (χ4v) is 7.21. The van der Waals surface area contributed by atoms with Gasteiger partial charge in [-0.15, -0.1) is 0 Å². The van der Waals surface area contributed by atoms with Gasteiger partial charge < -0.3 is 43.3 Å². The molecule has 3 saturated heterocycles. The van der Waals surface area contributed by atoms with E-state index in [1.165, 1.54) is 0 Å². The molecule has 0 saturated carbocycles. The highest BCUT2D eigenvalue weighted by atomic mass is 127. The van der Waals surface area contributed by atoms with Gasteiger partial charge in [0.05, 0.1) is 19.8 Å². The lowest BCUT2D eigenvalue weighted by atomic mass is 9.96. The van der Waals surface area contributed by atoms with E-state index >= 15 is 0 Å². The summed E-state index contributed by atoms with van der Waals surface area (Å²) in [6.45, 7) is 0. The molecule has 2 N–H and O–H groups in total. The van der Waals surface area contributed by atoms with Crippen molar-refractivity contribution in [3.63, 3.8) is 0 Å². The van der Waals surface area contributed by atoms with Gasteiger partial charge in [-0.1, -0.05) is 60.7 Å². The number of amides is 2. The van der Waals surface area contributed by atoms with Gasteiger partial charge in [-0.2, -0.15) is 0 Å². The van der Waals surface area contributed by atoms with Crippen LogP contribution in [0.25, 0.3) is 21.9 Å². The quantitative estimate of drug-likeness (QED) is 0.127. The highest BCUT2D eigenvalue weighted by Crippen LogP contribution is 2.51. The van der Waals surface area contributed by atoms with Gasteiger partial charge in [-0.25, -0.2) is 4.79 Å². The summed E-state index contributed by atoms with van der Waals surface area (Å²) >= 11 is 0. The van der Waals surface area contributed by atoms with Crippen molar-refractivity contribution in [3.8, 4) is 11.1 Å². The number of hydrogen-bond donors (Lipinski definition) is 2. The number of rotatable bonds is 8. The van der Waals surface area contributed by atoms with Crippen LogP contribution in [0.5, 0.6) is 0 Å². The molecule has 3 aliphatic rings. The van der Waals surface area contributed by atoms with Gasteiger partial charge in [0.15, 0.2) is 0 Å². The number of anilines is 2. The molecule has 9 heteroatoms. The minimum Gasteiger partial charge on any atom is -1.00 e. The highest BCUT2D eigenvalue weighted by Gasteiger charge is 2.70. The van der Waals surface area contributed by atoms with E-state index in [1.807, 2.05) is 78.9 Å². The number of epoxide rings is 1. The van der Waals surface area contributed by atoms with E-state index < -0.39 is 6.09 Å². The van der Waals surface area contributed by atoms with E-state index in [0.717, 1.165) is 51.1 Å². The zero-order valence-corrected chi connectivity index (χ0v) is 27.4. The maximum atomic E-state index is 13.2. The van der Waals surface area contributed by atoms with Crippen molar-refractivity contribution in [2.75, 3.05) is 24.7 Å². The van der Waals surface area contributed by atoms with Crippen LogP contribution in [-0.2, 0) is 20.7 Å². The number of halogens is 1. The molecule has 4 aromatic carbocycles. The molecule has 0 radical (unpaired) electrons. The Morgan fingerprint density at radius 2 is 1.60 bits per heavy atom. The predicted octanol–water partition coefficient (Wildman–Crippen LogP) is 3.20. The van der Waals surface area contributed by atoms with Crippen LogP contribution in [0.4, 0.5) is 16.2 Å². The first kappa shape index (κ1) is 31.2. The number of ether oxygens (including phenoxy) is 2. The largest absolute Gasteiger partial charge is 1.00 e. The molecule has 0 spiro atoms. The lowest BCUT2D eigenvalue weighted by Crippen LogP contribution is -3.00. The molecular formula is C36H36IN3O5. The van der Waals surface area contributed by atoms with E-state index in [1.54, 1.807) is 6.07 Å². The lowest BCUT2D eigenvalue weighted by Gasteiger charge is -2.45. The second kappa shape index (κ2) is 12.5. The topological polar surface area (TPSA) is 97.0 Å². The van der Waals surface area contributed by atoms with Crippen LogP contribution in [0.1, 0.15) is 35.2 Å². The zero-order chi connectivity index (χ0) is 30.4. The number of aldehydes is 1. The Hall–Kier alpha value is -3.80. The van der Waals surface area contributed by atoms with Crippen molar-refractivity contribution in [1.82, 2.24) is 0 Å². The third-order valence-corrected chi connectivity index (χ3v) is 9.64. The first-order valence-corrected chi connectivity index (χ1v) is 15.2. The molecule has 2 amide bonds. The number of carbonyl (C=O) groups excluding carboxylic acids is 3. The molecular weight excluding hydrogens is 681 g/mol. The highest BCUT2D eigenvalue weighted by molar-refractivity contribution is 5.96. The second-order valence-corrected chi connectivity index (χ2v) is 12.7. The van der Waals surface area contributed by atoms with Crippen LogP contribution < -0.4 is 34.6 Å². The Bertz CT molecular complexity index is 1740. The monoisotopic (exact) mass is 717 g/mol. The van der Waals surface area contributed by atoms with Gasteiger partial charge in [0.1, 0.15) is 36.7 Å². The first-order chi connectivity index (χ1) is 21.3. The van der Waals surface area contributed by atoms with Crippen LogP contribution in [0.2, 0.25) is 0 Å². The number of piperidine rings is 1. The number of likely N-dealkylation sites (N-methyl/N-ethyl adjacent to an activating group) is 1. The molecule has 3 aliphatic heterocycles. The average Bonchev–Trinajstić information content (AvgIpc) is 3.79. The minimum absolute atomic E-state index is 0. The van der Waals surface area contributed by atoms with Gasteiger partial charge in [0.2, 0.25) is 5.91 Å². The maximum Gasteiger partial charge on any atom is 0.411 e. The number of morpholine rings is 1. The maximum absolute atomic E-state index is 13.2. The summed E-state index contributed by atoms with van der Waals surface area (Å²) in [6.07, 6.45) is 3.20. The van der Waals surface area contributed by atoms with Gasteiger partial charge in [0.25, 0.3) is 0 Å². The molecule has 232 valence electrons. The molecule has 0 aliphatic carbocycles. The Morgan fingerprint density at radius 1 is 0.889 bits per heavy atom. The van der Waals surface area contributed by atoms with Crippen LogP contribution >= 0.6 is 0 Å². The molecule has 2 bridgehead atoms. The Kier molecular flexibility index (Phi) is 8.69. The van der Waals surface area contributed by atoms with Crippen LogP contribution in [0, 0.1) is 0 Å². The van der Waals surface area contributed by atoms with E-state index in [4.69, 9.17) is 9.47 Å². The third-order valence-electron chi connectivity index (χ3n) is 9.64. The molecule has 3 heterocycles. The lowest BCUT2D eigenvalue weighted by molar-refractivity contribution is -0.938. The molecule has 7 rings (SSSR count). The molecule has 8 nitrogen and oxygen atoms in total. The number of hydrogen-bond acceptors (Lipinski definition) is 5. The van der Waals surface area contributed by atoms with Gasteiger partial charge in [0, 0.05) is 36.1 Å². The van der Waals surface area contributed by atoms with Crippen molar-refractivity contribution in [2.24, 2.45) is 0 Å². The zero-order valence-electron chi connectivity index (χ0n) is 25.2. The molecule has 5 atom stereocenters. The normalized spacial score (nSPS) is 23.7. The van der Waals surface area contributed by atoms with Crippen LogP contribution in [0.3, 0.4) is 0 Å². The number of nitrogens with zero attached hydrogens (tertiary/aromatic N) is 1. The summed E-state index contributed by atoms with van der Waals surface area (Å²) in [5.74, 6) is -0.106. The molecule has 0 aromatic heterocycles. The predicted molar refractivity (Wildman–Crippen MR) is 170 cm³/mol. The van der Waals surface area contributed by atoms with Gasteiger partial charge in [-0.3, -0.25) is 14.9 Å². The van der Waals surface area contributed by atoms with Crippen LogP contribution in [0.15, 0.2) is 84.9 Å². The van der Waals surface area contributed by atoms with E-state index in [2.05, 4.69) is 24.7 Å². The minimum atomic E-state index is -0.458. The summed E-state index contributed by atoms with van der Waals surface area (Å²) in [5, 5.41) is 7.89. The second-order valence-electron chi connectivity index (χ2n) is 12.7. The molecule has 3 fully saturated rings. The summed E-state index contributed by atoms with van der Waals surface area (Å²) in [7, 11) is 4.51. The fourth-order valence-electron chi connectivity index (χ4n) is 7.21. The van der Waals surface area contributed by atoms with Crippen molar-refractivity contribution in [1.29, 1.82) is 0 Å². The number of carbonyl (C=O) groups is 3. The molecule has 0 unspecified atom stereocenters. The third kappa shape index (κ3) is 6.34. The number of quaternary nitrogens is 1. The Labute approximate surface area is 279 Å². The Morgan fingerprint density at radius 3 is 2.33 bits per heavy atom. The number of benzene rings is 4. The SMILES string of the molecule is C[N+]1(C)[C@@H]2C[C@@H](OC(=O)Nc3cc(CCC(=O)Nc4ccc5cc(C=O)ccc5c4)ccc3-c3ccccc3)C[C@H]1[C@@H]1O[C@@H]12.[I-]. The Balaban J connectivity index is 0.00000357.